The van der Waals surface area contributed by atoms with Crippen LogP contribution in [0, 0.1) is 0 Å². The Balaban J connectivity index is 1.79. The fourth-order valence-electron chi connectivity index (χ4n) is 3.98. The van der Waals surface area contributed by atoms with Crippen LogP contribution in [0.2, 0.25) is 5.02 Å². The lowest BCUT2D eigenvalue weighted by Gasteiger charge is -2.26. The van der Waals surface area contributed by atoms with Gasteiger partial charge in [0.2, 0.25) is 5.76 Å². The van der Waals surface area contributed by atoms with E-state index in [0.29, 0.717) is 10.6 Å². The van der Waals surface area contributed by atoms with Gasteiger partial charge in [-0.2, -0.15) is 13.2 Å². The number of rotatable bonds is 2. The molecule has 1 aromatic heterocycles. The van der Waals surface area contributed by atoms with Crippen LogP contribution in [0.1, 0.15) is 33.3 Å². The van der Waals surface area contributed by atoms with Gasteiger partial charge in [0.15, 0.2) is 5.43 Å². The standard InChI is InChI=1S/C24H13ClF3NO3/c25-15-10-8-13(9-11-15)20-19-21(30)17-6-1-2-7-18(17)32-22(19)23(31)29(20)16-5-3-4-14(12-16)24(26,27)28/h1-12,20H. The summed E-state index contributed by atoms with van der Waals surface area (Å²) in [5.41, 5.74) is -0.498. The molecule has 0 radical (unpaired) electrons. The Bertz CT molecular complexity index is 1430. The van der Waals surface area contributed by atoms with Gasteiger partial charge in [-0.3, -0.25) is 14.5 Å². The molecule has 4 nitrogen and oxygen atoms in total. The maximum absolute atomic E-state index is 13.4. The van der Waals surface area contributed by atoms with Gasteiger partial charge in [0, 0.05) is 10.7 Å². The summed E-state index contributed by atoms with van der Waals surface area (Å²) >= 11 is 6.00. The zero-order valence-electron chi connectivity index (χ0n) is 16.2. The van der Waals surface area contributed by atoms with Crippen molar-refractivity contribution in [1.29, 1.82) is 0 Å². The van der Waals surface area contributed by atoms with E-state index < -0.39 is 29.1 Å². The van der Waals surface area contributed by atoms with Crippen molar-refractivity contribution in [3.05, 3.63) is 110 Å². The van der Waals surface area contributed by atoms with Crippen molar-refractivity contribution in [1.82, 2.24) is 0 Å². The van der Waals surface area contributed by atoms with Gasteiger partial charge in [-0.15, -0.1) is 0 Å². The molecule has 0 saturated heterocycles. The van der Waals surface area contributed by atoms with Gasteiger partial charge in [0.1, 0.15) is 5.58 Å². The van der Waals surface area contributed by atoms with Gasteiger partial charge in [-0.1, -0.05) is 41.9 Å². The molecule has 8 heteroatoms. The molecular formula is C24H13ClF3NO3. The number of anilines is 1. The Hall–Kier alpha value is -3.58. The van der Waals surface area contributed by atoms with Crippen LogP contribution in [0.25, 0.3) is 11.0 Å². The minimum Gasteiger partial charge on any atom is -0.450 e. The predicted octanol–water partition coefficient (Wildman–Crippen LogP) is 6.22. The first-order valence-corrected chi connectivity index (χ1v) is 9.95. The minimum atomic E-state index is -4.59. The second-order valence-electron chi connectivity index (χ2n) is 7.35. The van der Waals surface area contributed by atoms with E-state index in [1.165, 1.54) is 12.1 Å². The Labute approximate surface area is 184 Å². The fourth-order valence-corrected chi connectivity index (χ4v) is 4.10. The highest BCUT2D eigenvalue weighted by Crippen LogP contribution is 2.42. The maximum Gasteiger partial charge on any atom is 0.416 e. The second-order valence-corrected chi connectivity index (χ2v) is 7.78. The number of fused-ring (bicyclic) bond motifs is 2. The first kappa shape index (κ1) is 20.3. The van der Waals surface area contributed by atoms with E-state index in [-0.39, 0.29) is 28.0 Å². The van der Waals surface area contributed by atoms with Crippen LogP contribution in [0.5, 0.6) is 0 Å². The van der Waals surface area contributed by atoms with Crippen LogP contribution >= 0.6 is 11.6 Å². The summed E-state index contributed by atoms with van der Waals surface area (Å²) in [4.78, 5) is 27.9. The predicted molar refractivity (Wildman–Crippen MR) is 114 cm³/mol. The fraction of sp³-hybridized carbons (Fsp3) is 0.0833. The maximum atomic E-state index is 13.4. The molecule has 1 unspecified atom stereocenters. The summed E-state index contributed by atoms with van der Waals surface area (Å²) in [6, 6.07) is 16.4. The topological polar surface area (TPSA) is 50.5 Å². The minimum absolute atomic E-state index is 0.000342. The SMILES string of the molecule is O=C1c2oc3ccccc3c(=O)c2C(c2ccc(Cl)cc2)N1c1cccc(C(F)(F)F)c1. The number of nitrogens with zero attached hydrogens (tertiary/aromatic N) is 1. The molecule has 1 amide bonds. The number of alkyl halides is 3. The summed E-state index contributed by atoms with van der Waals surface area (Å²) in [5.74, 6) is -0.881. The van der Waals surface area contributed by atoms with Crippen LogP contribution in [-0.2, 0) is 6.18 Å². The highest BCUT2D eigenvalue weighted by molar-refractivity contribution is 6.30. The van der Waals surface area contributed by atoms with E-state index in [0.717, 1.165) is 17.0 Å². The number of halogens is 4. The normalized spacial score (nSPS) is 15.9. The van der Waals surface area contributed by atoms with E-state index in [1.54, 1.807) is 48.5 Å². The van der Waals surface area contributed by atoms with Gasteiger partial charge in [-0.05, 0) is 48.0 Å². The molecule has 0 spiro atoms. The average Bonchev–Trinajstić information content (AvgIpc) is 3.07. The molecule has 1 aliphatic heterocycles. The molecule has 160 valence electrons. The highest BCUT2D eigenvalue weighted by Gasteiger charge is 2.44. The molecular weight excluding hydrogens is 443 g/mol. The highest BCUT2D eigenvalue weighted by atomic mass is 35.5. The molecule has 0 aliphatic carbocycles. The van der Waals surface area contributed by atoms with Crippen LogP contribution in [0.4, 0.5) is 18.9 Å². The monoisotopic (exact) mass is 455 g/mol. The van der Waals surface area contributed by atoms with E-state index in [2.05, 4.69) is 0 Å². The molecule has 4 aromatic rings. The number of hydrogen-bond acceptors (Lipinski definition) is 3. The second kappa shape index (κ2) is 7.24. The summed E-state index contributed by atoms with van der Waals surface area (Å²) in [6.07, 6.45) is -4.59. The van der Waals surface area contributed by atoms with Gasteiger partial charge >= 0.3 is 6.18 Å². The van der Waals surface area contributed by atoms with Crippen LogP contribution in [-0.4, -0.2) is 5.91 Å². The van der Waals surface area contributed by atoms with Crippen molar-refractivity contribution in [2.45, 2.75) is 12.2 Å². The molecule has 0 fully saturated rings. The third-order valence-corrected chi connectivity index (χ3v) is 5.67. The Morgan fingerprint density at radius 3 is 2.34 bits per heavy atom. The molecule has 0 N–H and O–H groups in total. The van der Waals surface area contributed by atoms with E-state index in [1.807, 2.05) is 0 Å². The zero-order chi connectivity index (χ0) is 22.6. The van der Waals surface area contributed by atoms with E-state index >= 15 is 0 Å². The molecule has 0 bridgehead atoms. The molecule has 0 saturated carbocycles. The smallest absolute Gasteiger partial charge is 0.416 e. The van der Waals surface area contributed by atoms with Crippen molar-refractivity contribution in [2.75, 3.05) is 4.90 Å². The first-order valence-electron chi connectivity index (χ1n) is 9.58. The number of amides is 1. The van der Waals surface area contributed by atoms with Crippen molar-refractivity contribution >= 4 is 34.2 Å². The summed E-state index contributed by atoms with van der Waals surface area (Å²) < 4.78 is 45.8. The molecule has 32 heavy (non-hydrogen) atoms. The van der Waals surface area contributed by atoms with Crippen molar-refractivity contribution < 1.29 is 22.4 Å². The summed E-state index contributed by atoms with van der Waals surface area (Å²) in [6.45, 7) is 0. The molecule has 1 aliphatic rings. The van der Waals surface area contributed by atoms with Crippen LogP contribution < -0.4 is 10.3 Å². The van der Waals surface area contributed by atoms with E-state index in [4.69, 9.17) is 16.0 Å². The first-order chi connectivity index (χ1) is 15.3. The van der Waals surface area contributed by atoms with Crippen LogP contribution in [0.15, 0.2) is 82.0 Å². The summed E-state index contributed by atoms with van der Waals surface area (Å²) in [5, 5.41) is 0.721. The Kier molecular flexibility index (Phi) is 4.60. The molecule has 1 atom stereocenters. The van der Waals surface area contributed by atoms with Gasteiger partial charge in [-0.25, -0.2) is 0 Å². The van der Waals surface area contributed by atoms with Crippen molar-refractivity contribution in [3.8, 4) is 0 Å². The van der Waals surface area contributed by atoms with Gasteiger partial charge in [0.05, 0.1) is 22.6 Å². The number of carbonyl (C=O) groups is 1. The zero-order valence-corrected chi connectivity index (χ0v) is 16.9. The van der Waals surface area contributed by atoms with Gasteiger partial charge in [0.25, 0.3) is 5.91 Å². The lowest BCUT2D eigenvalue weighted by molar-refractivity contribution is -0.137. The van der Waals surface area contributed by atoms with Crippen molar-refractivity contribution in [2.24, 2.45) is 0 Å². The Morgan fingerprint density at radius 1 is 0.906 bits per heavy atom. The third-order valence-electron chi connectivity index (χ3n) is 5.42. The van der Waals surface area contributed by atoms with E-state index in [9.17, 15) is 22.8 Å². The summed E-state index contributed by atoms with van der Waals surface area (Å²) in [7, 11) is 0. The largest absolute Gasteiger partial charge is 0.450 e. The quantitative estimate of drug-likeness (QED) is 0.361. The van der Waals surface area contributed by atoms with Crippen molar-refractivity contribution in [3.63, 3.8) is 0 Å². The van der Waals surface area contributed by atoms with Crippen LogP contribution in [0.3, 0.4) is 0 Å². The molecule has 2 heterocycles. The number of benzene rings is 3. The lowest BCUT2D eigenvalue weighted by atomic mass is 9.98. The third kappa shape index (κ3) is 3.17. The number of para-hydroxylation sites is 1. The lowest BCUT2D eigenvalue weighted by Crippen LogP contribution is -2.29. The average molecular weight is 456 g/mol. The molecule has 5 rings (SSSR count). The number of carbonyl (C=O) groups excluding carboxylic acids is 1. The molecule has 3 aromatic carbocycles. The Morgan fingerprint density at radius 2 is 1.62 bits per heavy atom. The number of hydrogen-bond donors (Lipinski definition) is 0. The van der Waals surface area contributed by atoms with Gasteiger partial charge < -0.3 is 4.42 Å².